The number of nitrogens with zero attached hydrogens (tertiary/aromatic N) is 2. The fourth-order valence-corrected chi connectivity index (χ4v) is 1.86. The van der Waals surface area contributed by atoms with Crippen LogP contribution in [0.25, 0.3) is 0 Å². The molecule has 2 rings (SSSR count). The van der Waals surface area contributed by atoms with Crippen LogP contribution in [0, 0.1) is 12.7 Å². The molecular formula is C11H12FN3S. The fourth-order valence-electron chi connectivity index (χ4n) is 1.41. The summed E-state index contributed by atoms with van der Waals surface area (Å²) in [6.07, 6.45) is 0. The van der Waals surface area contributed by atoms with Crippen molar-refractivity contribution in [2.45, 2.75) is 20.0 Å². The van der Waals surface area contributed by atoms with Crippen LogP contribution in [0.2, 0.25) is 0 Å². The average molecular weight is 237 g/mol. The van der Waals surface area contributed by atoms with Crippen LogP contribution in [0.5, 0.6) is 0 Å². The molecule has 0 saturated carbocycles. The first-order chi connectivity index (χ1) is 7.75. The van der Waals surface area contributed by atoms with Crippen LogP contribution in [-0.4, -0.2) is 9.59 Å². The lowest BCUT2D eigenvalue weighted by atomic mass is 10.1. The van der Waals surface area contributed by atoms with Crippen LogP contribution in [0.4, 0.5) is 4.39 Å². The standard InChI is InChI=1S/C11H12FN3S/c1-8-4-9(2-3-11(8)12)5-13-6-10-7-16-15-14-10/h2-4,7,13H,5-6H2,1H3. The second-order valence-electron chi connectivity index (χ2n) is 3.58. The average Bonchev–Trinajstić information content (AvgIpc) is 2.76. The fraction of sp³-hybridized carbons (Fsp3) is 0.273. The summed E-state index contributed by atoms with van der Waals surface area (Å²) in [4.78, 5) is 0. The summed E-state index contributed by atoms with van der Waals surface area (Å²) >= 11 is 1.34. The van der Waals surface area contributed by atoms with Crippen LogP contribution in [0.15, 0.2) is 23.6 Å². The zero-order valence-corrected chi connectivity index (χ0v) is 9.72. The number of aromatic nitrogens is 2. The molecule has 0 unspecified atom stereocenters. The van der Waals surface area contributed by atoms with Crippen LogP contribution < -0.4 is 5.32 Å². The number of aryl methyl sites for hydroxylation is 1. The lowest BCUT2D eigenvalue weighted by molar-refractivity contribution is 0.615. The number of hydrogen-bond donors (Lipinski definition) is 1. The van der Waals surface area contributed by atoms with Gasteiger partial charge in [-0.1, -0.05) is 16.6 Å². The van der Waals surface area contributed by atoms with E-state index >= 15 is 0 Å². The predicted octanol–water partition coefficient (Wildman–Crippen LogP) is 2.28. The Balaban J connectivity index is 1.87. The molecule has 16 heavy (non-hydrogen) atoms. The Labute approximate surface area is 97.5 Å². The van der Waals surface area contributed by atoms with Crippen molar-refractivity contribution in [2.24, 2.45) is 0 Å². The van der Waals surface area contributed by atoms with Gasteiger partial charge in [0.2, 0.25) is 0 Å². The molecule has 0 spiro atoms. The van der Waals surface area contributed by atoms with E-state index in [1.807, 2.05) is 11.4 Å². The molecule has 2 aromatic rings. The number of rotatable bonds is 4. The quantitative estimate of drug-likeness (QED) is 0.886. The molecule has 0 aliphatic carbocycles. The van der Waals surface area contributed by atoms with Crippen LogP contribution >= 0.6 is 11.5 Å². The van der Waals surface area contributed by atoms with Gasteiger partial charge in [-0.05, 0) is 35.6 Å². The van der Waals surface area contributed by atoms with E-state index in [9.17, 15) is 4.39 Å². The molecule has 0 aliphatic rings. The third kappa shape index (κ3) is 2.84. The summed E-state index contributed by atoms with van der Waals surface area (Å²) in [5.74, 6) is -0.160. The van der Waals surface area contributed by atoms with Crippen molar-refractivity contribution in [2.75, 3.05) is 0 Å². The molecule has 1 heterocycles. The van der Waals surface area contributed by atoms with Gasteiger partial charge >= 0.3 is 0 Å². The van der Waals surface area contributed by atoms with E-state index in [2.05, 4.69) is 14.9 Å². The first-order valence-electron chi connectivity index (χ1n) is 4.97. The summed E-state index contributed by atoms with van der Waals surface area (Å²) < 4.78 is 16.8. The zero-order valence-electron chi connectivity index (χ0n) is 8.90. The number of hydrogen-bond acceptors (Lipinski definition) is 4. The second kappa shape index (κ2) is 5.14. The first kappa shape index (κ1) is 11.2. The second-order valence-corrected chi connectivity index (χ2v) is 4.19. The van der Waals surface area contributed by atoms with Gasteiger partial charge < -0.3 is 5.32 Å². The van der Waals surface area contributed by atoms with E-state index in [-0.39, 0.29) is 5.82 Å². The molecule has 1 aromatic heterocycles. The summed E-state index contributed by atoms with van der Waals surface area (Å²) in [5.41, 5.74) is 2.68. The monoisotopic (exact) mass is 237 g/mol. The van der Waals surface area contributed by atoms with Crippen molar-refractivity contribution in [1.29, 1.82) is 0 Å². The van der Waals surface area contributed by atoms with Crippen LogP contribution in [-0.2, 0) is 13.1 Å². The minimum absolute atomic E-state index is 0.160. The van der Waals surface area contributed by atoms with Gasteiger partial charge in [-0.2, -0.15) is 0 Å². The van der Waals surface area contributed by atoms with E-state index in [1.54, 1.807) is 13.0 Å². The molecule has 0 aliphatic heterocycles. The van der Waals surface area contributed by atoms with Gasteiger partial charge in [0.1, 0.15) is 5.82 Å². The van der Waals surface area contributed by atoms with Crippen molar-refractivity contribution in [1.82, 2.24) is 14.9 Å². The van der Waals surface area contributed by atoms with Crippen molar-refractivity contribution >= 4 is 11.5 Å². The molecule has 0 atom stereocenters. The van der Waals surface area contributed by atoms with E-state index in [0.717, 1.165) is 11.3 Å². The molecule has 0 amide bonds. The third-order valence-corrected chi connectivity index (χ3v) is 2.82. The molecule has 1 aromatic carbocycles. The minimum Gasteiger partial charge on any atom is -0.307 e. The van der Waals surface area contributed by atoms with Crippen molar-refractivity contribution < 1.29 is 4.39 Å². The van der Waals surface area contributed by atoms with Gasteiger partial charge in [-0.3, -0.25) is 0 Å². The minimum atomic E-state index is -0.160. The lowest BCUT2D eigenvalue weighted by Gasteiger charge is -2.04. The Morgan fingerprint density at radius 2 is 2.25 bits per heavy atom. The largest absolute Gasteiger partial charge is 0.307 e. The highest BCUT2D eigenvalue weighted by atomic mass is 32.1. The van der Waals surface area contributed by atoms with Gasteiger partial charge in [-0.25, -0.2) is 4.39 Å². The SMILES string of the molecule is Cc1cc(CNCc2csnn2)ccc1F. The van der Waals surface area contributed by atoms with E-state index < -0.39 is 0 Å². The van der Waals surface area contributed by atoms with Gasteiger partial charge in [0.05, 0.1) is 5.69 Å². The highest BCUT2D eigenvalue weighted by molar-refractivity contribution is 7.03. The van der Waals surface area contributed by atoms with Crippen molar-refractivity contribution in [3.63, 3.8) is 0 Å². The Bertz CT molecular complexity index is 456. The van der Waals surface area contributed by atoms with Crippen LogP contribution in [0.3, 0.4) is 0 Å². The van der Waals surface area contributed by atoms with E-state index in [1.165, 1.54) is 17.6 Å². The molecule has 0 bridgehead atoms. The van der Waals surface area contributed by atoms with Gasteiger partial charge in [0, 0.05) is 18.5 Å². The topological polar surface area (TPSA) is 37.8 Å². The zero-order chi connectivity index (χ0) is 11.4. The maximum Gasteiger partial charge on any atom is 0.126 e. The Kier molecular flexibility index (Phi) is 3.58. The van der Waals surface area contributed by atoms with Gasteiger partial charge in [-0.15, -0.1) is 5.10 Å². The number of benzene rings is 1. The molecule has 3 nitrogen and oxygen atoms in total. The highest BCUT2D eigenvalue weighted by Crippen LogP contribution is 2.09. The van der Waals surface area contributed by atoms with Gasteiger partial charge in [0.25, 0.3) is 0 Å². The maximum absolute atomic E-state index is 13.0. The maximum atomic E-state index is 13.0. The lowest BCUT2D eigenvalue weighted by Crippen LogP contribution is -2.13. The molecule has 1 N–H and O–H groups in total. The first-order valence-corrected chi connectivity index (χ1v) is 5.81. The molecule has 0 saturated heterocycles. The molecule has 0 fully saturated rings. The molecule has 0 radical (unpaired) electrons. The van der Waals surface area contributed by atoms with E-state index in [0.29, 0.717) is 18.7 Å². The van der Waals surface area contributed by atoms with Crippen molar-refractivity contribution in [3.05, 3.63) is 46.2 Å². The summed E-state index contributed by atoms with van der Waals surface area (Å²) in [7, 11) is 0. The van der Waals surface area contributed by atoms with Crippen LogP contribution in [0.1, 0.15) is 16.8 Å². The highest BCUT2D eigenvalue weighted by Gasteiger charge is 2.00. The van der Waals surface area contributed by atoms with Crippen molar-refractivity contribution in [3.8, 4) is 0 Å². The molecular weight excluding hydrogens is 225 g/mol. The summed E-state index contributed by atoms with van der Waals surface area (Å²) in [5, 5.41) is 9.06. The Hall–Kier alpha value is -1.33. The summed E-state index contributed by atoms with van der Waals surface area (Å²) in [6.45, 7) is 3.16. The van der Waals surface area contributed by atoms with Gasteiger partial charge in [0.15, 0.2) is 0 Å². The smallest absolute Gasteiger partial charge is 0.126 e. The number of nitrogens with one attached hydrogen (secondary N) is 1. The summed E-state index contributed by atoms with van der Waals surface area (Å²) in [6, 6.07) is 5.13. The predicted molar refractivity (Wildman–Crippen MR) is 61.6 cm³/mol. The van der Waals surface area contributed by atoms with E-state index in [4.69, 9.17) is 0 Å². The molecule has 84 valence electrons. The Morgan fingerprint density at radius 3 is 2.94 bits per heavy atom. The normalized spacial score (nSPS) is 10.6. The molecule has 5 heteroatoms. The Morgan fingerprint density at radius 1 is 1.38 bits per heavy atom. The number of halogens is 1. The third-order valence-electron chi connectivity index (χ3n) is 2.26.